The fourth-order valence-corrected chi connectivity index (χ4v) is 6.01. The van der Waals surface area contributed by atoms with Crippen LogP contribution in [0.25, 0.3) is 0 Å². The van der Waals surface area contributed by atoms with Gasteiger partial charge < -0.3 is 10.6 Å². The lowest BCUT2D eigenvalue weighted by Crippen LogP contribution is -2.40. The molecule has 10 heteroatoms. The van der Waals surface area contributed by atoms with Crippen LogP contribution < -0.4 is 10.6 Å². The van der Waals surface area contributed by atoms with Crippen LogP contribution in [0.5, 0.6) is 0 Å². The standard InChI is InChI=1S/C18H21N3O3S4/c22-18(20-12-15-4-1-8-25-15)19-7-11-28(23,24)21(13-16-5-2-9-26-16)14-17-6-3-10-27-17/h1-6,8-10H,7,11-14H2,(H2,19,20,22). The second kappa shape index (κ2) is 10.2. The molecule has 0 radical (unpaired) electrons. The highest BCUT2D eigenvalue weighted by Gasteiger charge is 2.23. The molecule has 0 saturated carbocycles. The van der Waals surface area contributed by atoms with E-state index in [1.807, 2.05) is 52.5 Å². The molecule has 0 bridgehead atoms. The maximum absolute atomic E-state index is 12.9. The molecule has 0 spiro atoms. The van der Waals surface area contributed by atoms with Crippen LogP contribution >= 0.6 is 34.0 Å². The van der Waals surface area contributed by atoms with Crippen molar-refractivity contribution in [2.24, 2.45) is 0 Å². The summed E-state index contributed by atoms with van der Waals surface area (Å²) in [6, 6.07) is 11.2. The summed E-state index contributed by atoms with van der Waals surface area (Å²) in [6.45, 7) is 1.16. The third kappa shape index (κ3) is 6.42. The number of nitrogens with one attached hydrogen (secondary N) is 2. The molecule has 0 aliphatic heterocycles. The van der Waals surface area contributed by atoms with Crippen molar-refractivity contribution >= 4 is 50.1 Å². The number of rotatable bonds is 10. The molecule has 0 aliphatic rings. The average Bonchev–Trinajstić information content (AvgIpc) is 3.42. The molecule has 0 saturated heterocycles. The predicted molar refractivity (Wildman–Crippen MR) is 116 cm³/mol. The van der Waals surface area contributed by atoms with Gasteiger partial charge in [0.05, 0.1) is 12.3 Å². The molecule has 2 amide bonds. The van der Waals surface area contributed by atoms with E-state index in [9.17, 15) is 13.2 Å². The van der Waals surface area contributed by atoms with Crippen molar-refractivity contribution in [3.63, 3.8) is 0 Å². The minimum absolute atomic E-state index is 0.0595. The molecule has 0 aliphatic carbocycles. The molecule has 150 valence electrons. The Labute approximate surface area is 176 Å². The first-order valence-corrected chi connectivity index (χ1v) is 12.8. The topological polar surface area (TPSA) is 78.5 Å². The largest absolute Gasteiger partial charge is 0.337 e. The number of carbonyl (C=O) groups excluding carboxylic acids is 1. The summed E-state index contributed by atoms with van der Waals surface area (Å²) >= 11 is 4.62. The minimum Gasteiger partial charge on any atom is -0.337 e. The van der Waals surface area contributed by atoms with Crippen LogP contribution in [0.3, 0.4) is 0 Å². The van der Waals surface area contributed by atoms with Crippen LogP contribution in [0.15, 0.2) is 52.5 Å². The zero-order valence-electron chi connectivity index (χ0n) is 15.0. The van der Waals surface area contributed by atoms with Gasteiger partial charge in [0.15, 0.2) is 0 Å². The van der Waals surface area contributed by atoms with Gasteiger partial charge in [-0.25, -0.2) is 13.2 Å². The van der Waals surface area contributed by atoms with Gasteiger partial charge in [-0.1, -0.05) is 18.2 Å². The van der Waals surface area contributed by atoms with Gasteiger partial charge in [0.25, 0.3) is 0 Å². The number of thiophene rings is 3. The lowest BCUT2D eigenvalue weighted by atomic mass is 10.4. The summed E-state index contributed by atoms with van der Waals surface area (Å²) in [4.78, 5) is 14.9. The minimum atomic E-state index is -3.52. The second-order valence-electron chi connectivity index (χ2n) is 5.93. The fourth-order valence-electron chi connectivity index (χ4n) is 2.47. The monoisotopic (exact) mass is 455 g/mol. The van der Waals surface area contributed by atoms with Crippen molar-refractivity contribution in [1.82, 2.24) is 14.9 Å². The lowest BCUT2D eigenvalue weighted by molar-refractivity contribution is 0.241. The molecule has 0 atom stereocenters. The smallest absolute Gasteiger partial charge is 0.315 e. The van der Waals surface area contributed by atoms with Crippen LogP contribution in [0.1, 0.15) is 14.6 Å². The Morgan fingerprint density at radius 3 is 1.89 bits per heavy atom. The summed E-state index contributed by atoms with van der Waals surface area (Å²) in [5.74, 6) is -0.143. The molecule has 3 aromatic heterocycles. The molecule has 0 unspecified atom stereocenters. The molecule has 0 fully saturated rings. The van der Waals surface area contributed by atoms with Crippen molar-refractivity contribution < 1.29 is 13.2 Å². The average molecular weight is 456 g/mol. The van der Waals surface area contributed by atoms with E-state index in [2.05, 4.69) is 10.6 Å². The molecule has 2 N–H and O–H groups in total. The Balaban J connectivity index is 1.53. The Hall–Kier alpha value is -1.72. The van der Waals surface area contributed by atoms with E-state index < -0.39 is 10.0 Å². The number of nitrogens with zero attached hydrogens (tertiary/aromatic N) is 1. The second-order valence-corrected chi connectivity index (χ2v) is 11.1. The molecular weight excluding hydrogens is 434 g/mol. The predicted octanol–water partition coefficient (Wildman–Crippen LogP) is 3.70. The number of amides is 2. The van der Waals surface area contributed by atoms with Gasteiger partial charge in [-0.05, 0) is 34.3 Å². The molecule has 0 aromatic carbocycles. The number of urea groups is 1. The lowest BCUT2D eigenvalue weighted by Gasteiger charge is -2.21. The number of sulfonamides is 1. The van der Waals surface area contributed by atoms with Crippen LogP contribution in [0, 0.1) is 0 Å². The highest BCUT2D eigenvalue weighted by molar-refractivity contribution is 7.89. The van der Waals surface area contributed by atoms with Gasteiger partial charge in [0, 0.05) is 34.3 Å². The van der Waals surface area contributed by atoms with Crippen molar-refractivity contribution in [3.8, 4) is 0 Å². The summed E-state index contributed by atoms with van der Waals surface area (Å²) in [5, 5.41) is 11.2. The van der Waals surface area contributed by atoms with E-state index in [0.29, 0.717) is 19.6 Å². The van der Waals surface area contributed by atoms with Crippen molar-refractivity contribution in [3.05, 3.63) is 67.2 Å². The van der Waals surface area contributed by atoms with Gasteiger partial charge in [-0.15, -0.1) is 34.0 Å². The molecule has 3 rings (SSSR count). The van der Waals surface area contributed by atoms with Gasteiger partial charge in [-0.3, -0.25) is 0 Å². The maximum atomic E-state index is 12.9. The summed E-state index contributed by atoms with van der Waals surface area (Å²) in [6.07, 6.45) is 0. The first-order valence-electron chi connectivity index (χ1n) is 8.59. The van der Waals surface area contributed by atoms with E-state index in [4.69, 9.17) is 0 Å². The quantitative estimate of drug-likeness (QED) is 0.489. The van der Waals surface area contributed by atoms with Crippen LogP contribution in [0.4, 0.5) is 4.79 Å². The summed E-state index contributed by atoms with van der Waals surface area (Å²) < 4.78 is 27.2. The van der Waals surface area contributed by atoms with Gasteiger partial charge in [0.2, 0.25) is 10.0 Å². The van der Waals surface area contributed by atoms with Crippen LogP contribution in [-0.2, 0) is 29.7 Å². The normalized spacial score (nSPS) is 11.6. The first-order chi connectivity index (χ1) is 13.5. The zero-order valence-corrected chi connectivity index (χ0v) is 18.3. The molecular formula is C18H21N3O3S4. The molecule has 3 aromatic rings. The summed E-state index contributed by atoms with van der Waals surface area (Å²) in [5.41, 5.74) is 0. The Morgan fingerprint density at radius 1 is 0.857 bits per heavy atom. The van der Waals surface area contributed by atoms with Gasteiger partial charge >= 0.3 is 6.03 Å². The Bertz CT molecular complexity index is 900. The van der Waals surface area contributed by atoms with E-state index in [1.54, 1.807) is 11.3 Å². The van der Waals surface area contributed by atoms with Crippen molar-refractivity contribution in [2.45, 2.75) is 19.6 Å². The Kier molecular flexibility index (Phi) is 7.63. The van der Waals surface area contributed by atoms with Crippen LogP contribution in [0.2, 0.25) is 0 Å². The third-order valence-electron chi connectivity index (χ3n) is 3.87. The SMILES string of the molecule is O=C(NCCS(=O)(=O)N(Cc1cccs1)Cc1cccs1)NCc1cccs1. The van der Waals surface area contributed by atoms with E-state index >= 15 is 0 Å². The zero-order chi connectivity index (χ0) is 19.8. The Morgan fingerprint density at radius 2 is 1.39 bits per heavy atom. The maximum Gasteiger partial charge on any atom is 0.315 e. The van der Waals surface area contributed by atoms with Gasteiger partial charge in [0.1, 0.15) is 0 Å². The number of hydrogen-bond acceptors (Lipinski definition) is 6. The highest BCUT2D eigenvalue weighted by Crippen LogP contribution is 2.20. The van der Waals surface area contributed by atoms with E-state index in [-0.39, 0.29) is 18.3 Å². The first kappa shape index (κ1) is 21.0. The van der Waals surface area contributed by atoms with Crippen LogP contribution in [-0.4, -0.2) is 31.1 Å². The van der Waals surface area contributed by atoms with Crippen molar-refractivity contribution in [2.75, 3.05) is 12.3 Å². The summed E-state index contributed by atoms with van der Waals surface area (Å²) in [7, 11) is -3.52. The highest BCUT2D eigenvalue weighted by atomic mass is 32.2. The molecule has 28 heavy (non-hydrogen) atoms. The van der Waals surface area contributed by atoms with E-state index in [1.165, 1.54) is 27.0 Å². The molecule has 3 heterocycles. The third-order valence-corrected chi connectivity index (χ3v) is 8.23. The fraction of sp³-hybridized carbons (Fsp3) is 0.278. The molecule has 6 nitrogen and oxygen atoms in total. The van der Waals surface area contributed by atoms with E-state index in [0.717, 1.165) is 14.6 Å². The number of hydrogen-bond donors (Lipinski definition) is 2. The number of carbonyl (C=O) groups is 1. The van der Waals surface area contributed by atoms with Crippen molar-refractivity contribution in [1.29, 1.82) is 0 Å². The van der Waals surface area contributed by atoms with Gasteiger partial charge in [-0.2, -0.15) is 4.31 Å².